The molecule has 1 aliphatic rings. The molecule has 0 bridgehead atoms. The molecular weight excluding hydrogens is 654 g/mol. The number of amides is 1. The van der Waals surface area contributed by atoms with Gasteiger partial charge in [-0.1, -0.05) is 23.5 Å². The van der Waals surface area contributed by atoms with Crippen LogP contribution < -0.4 is 19.7 Å². The normalized spacial score (nSPS) is 16.6. The molecule has 45 heavy (non-hydrogen) atoms. The van der Waals surface area contributed by atoms with Gasteiger partial charge in [0, 0.05) is 33.2 Å². The number of anilines is 1. The molecule has 19 heteroatoms. The molecule has 0 radical (unpaired) electrons. The molecule has 2 aromatic heterocycles. The van der Waals surface area contributed by atoms with Gasteiger partial charge in [-0.25, -0.2) is 18.1 Å². The Bertz CT molecular complexity index is 1760. The third kappa shape index (κ3) is 7.42. The van der Waals surface area contributed by atoms with Crippen LogP contribution >= 0.6 is 11.3 Å². The second-order valence-corrected chi connectivity index (χ2v) is 12.7. The van der Waals surface area contributed by atoms with Crippen molar-refractivity contribution in [3.8, 4) is 11.5 Å². The van der Waals surface area contributed by atoms with Gasteiger partial charge in [0.1, 0.15) is 17.5 Å². The number of piperazine rings is 1. The first kappa shape index (κ1) is 32.3. The van der Waals surface area contributed by atoms with Gasteiger partial charge in [-0.2, -0.15) is 9.40 Å². The van der Waals surface area contributed by atoms with Gasteiger partial charge in [0.25, 0.3) is 0 Å². The van der Waals surface area contributed by atoms with E-state index in [4.69, 9.17) is 0 Å². The Kier molecular flexibility index (Phi) is 8.62. The number of aromatic nitrogens is 3. The Labute approximate surface area is 256 Å². The van der Waals surface area contributed by atoms with Crippen LogP contribution in [-0.4, -0.2) is 71.8 Å². The third-order valence-electron chi connectivity index (χ3n) is 6.73. The molecule has 1 aliphatic heterocycles. The number of thiazole rings is 1. The second kappa shape index (κ2) is 12.0. The van der Waals surface area contributed by atoms with Gasteiger partial charge in [-0.05, 0) is 48.9 Å². The largest absolute Gasteiger partial charge is 0.573 e. The van der Waals surface area contributed by atoms with Crippen LogP contribution in [0.5, 0.6) is 11.5 Å². The molecule has 5 rings (SSSR count). The van der Waals surface area contributed by atoms with E-state index in [2.05, 4.69) is 24.9 Å². The zero-order valence-corrected chi connectivity index (χ0v) is 25.0. The van der Waals surface area contributed by atoms with Crippen LogP contribution in [0.3, 0.4) is 0 Å². The Morgan fingerprint density at radius 3 is 2.11 bits per heavy atom. The number of hydrogen-bond acceptors (Lipinski definition) is 9. The Balaban J connectivity index is 1.39. The molecule has 1 amide bonds. The van der Waals surface area contributed by atoms with Gasteiger partial charge >= 0.3 is 12.7 Å². The molecule has 242 valence electrons. The van der Waals surface area contributed by atoms with E-state index in [1.165, 1.54) is 23.5 Å². The number of carbonyl (C=O) groups excluding carboxylic acids is 1. The summed E-state index contributed by atoms with van der Waals surface area (Å²) in [4.78, 5) is 19.5. The lowest BCUT2D eigenvalue weighted by molar-refractivity contribution is -0.275. The first-order chi connectivity index (χ1) is 21.0. The smallest absolute Gasteiger partial charge is 0.406 e. The highest BCUT2D eigenvalue weighted by Gasteiger charge is 2.41. The van der Waals surface area contributed by atoms with E-state index in [1.807, 2.05) is 6.92 Å². The number of carbonyl (C=O) groups is 1. The van der Waals surface area contributed by atoms with Crippen LogP contribution in [0, 0.1) is 6.92 Å². The number of fused-ring (bicyclic) bond motifs is 1. The van der Waals surface area contributed by atoms with Gasteiger partial charge in [-0.15, -0.1) is 26.3 Å². The molecule has 0 unspecified atom stereocenters. The van der Waals surface area contributed by atoms with Crippen LogP contribution in [0.2, 0.25) is 0 Å². The molecule has 0 aliphatic carbocycles. The summed E-state index contributed by atoms with van der Waals surface area (Å²) < 4.78 is 114. The molecule has 1 N–H and O–H groups in total. The fraction of sp³-hybridized carbons (Fsp3) is 0.346. The summed E-state index contributed by atoms with van der Waals surface area (Å²) >= 11 is 1.33. The monoisotopic (exact) mass is 678 g/mol. The van der Waals surface area contributed by atoms with Crippen LogP contribution in [0.1, 0.15) is 11.3 Å². The molecule has 1 fully saturated rings. The predicted molar refractivity (Wildman–Crippen MR) is 149 cm³/mol. The molecule has 11 nitrogen and oxygen atoms in total. The van der Waals surface area contributed by atoms with E-state index < -0.39 is 46.2 Å². The lowest BCUT2D eigenvalue weighted by Crippen LogP contribution is -2.60. The maximum Gasteiger partial charge on any atom is 0.573 e. The number of hydrogen-bond donors (Lipinski definition) is 1. The quantitative estimate of drug-likeness (QED) is 0.274. The van der Waals surface area contributed by atoms with Crippen LogP contribution in [0.25, 0.3) is 10.3 Å². The van der Waals surface area contributed by atoms with Crippen molar-refractivity contribution in [1.29, 1.82) is 0 Å². The summed E-state index contributed by atoms with van der Waals surface area (Å²) in [5.74, 6) is -1.78. The fourth-order valence-corrected chi connectivity index (χ4v) is 7.35. The van der Waals surface area contributed by atoms with Crippen molar-refractivity contribution in [3.05, 3.63) is 59.8 Å². The number of rotatable bonds is 8. The van der Waals surface area contributed by atoms with Crippen molar-refractivity contribution in [2.24, 2.45) is 7.05 Å². The lowest BCUT2D eigenvalue weighted by Gasteiger charge is -2.39. The molecule has 1 saturated heterocycles. The highest BCUT2D eigenvalue weighted by atomic mass is 32.2. The molecule has 0 saturated carbocycles. The highest BCUT2D eigenvalue weighted by molar-refractivity contribution is 7.89. The molecule has 1 atom stereocenters. The van der Waals surface area contributed by atoms with Crippen molar-refractivity contribution in [2.45, 2.75) is 37.1 Å². The van der Waals surface area contributed by atoms with Crippen LogP contribution in [0.4, 0.5) is 31.5 Å². The van der Waals surface area contributed by atoms with E-state index >= 15 is 0 Å². The van der Waals surface area contributed by atoms with Crippen molar-refractivity contribution < 1.29 is 49.0 Å². The number of nitrogens with one attached hydrogen (secondary N) is 1. The first-order valence-corrected chi connectivity index (χ1v) is 15.3. The van der Waals surface area contributed by atoms with Gasteiger partial charge in [-0.3, -0.25) is 4.79 Å². The van der Waals surface area contributed by atoms with Gasteiger partial charge in [0.2, 0.25) is 15.9 Å². The van der Waals surface area contributed by atoms with E-state index in [1.54, 1.807) is 16.6 Å². The number of benzene rings is 2. The average Bonchev–Trinajstić information content (AvgIpc) is 3.51. The minimum atomic E-state index is -4.97. The van der Waals surface area contributed by atoms with E-state index in [0.29, 0.717) is 16.3 Å². The van der Waals surface area contributed by atoms with Crippen molar-refractivity contribution in [3.63, 3.8) is 0 Å². The molecule has 3 heterocycles. The Morgan fingerprint density at radius 2 is 1.56 bits per heavy atom. The molecule has 0 spiro atoms. The summed E-state index contributed by atoms with van der Waals surface area (Å²) in [7, 11) is -2.67. The molecular formula is C26H24F6N6O5S2. The number of alkyl halides is 6. The first-order valence-electron chi connectivity index (χ1n) is 13.1. The Morgan fingerprint density at radius 1 is 0.978 bits per heavy atom. The number of aryl methyl sites for hydroxylation is 2. The summed E-state index contributed by atoms with van der Waals surface area (Å²) in [5.41, 5.74) is 1.77. The standard InChI is InChI=1S/C26H24F6N6O5S2/c1-15-21-22(36(2)35-15)34-24(44-21)37-11-12-38(45(40,41)19-9-7-18(8-10-19)43-26(30,31)32)20(14-37)23(39)33-13-16-3-5-17(6-4-16)42-25(27,28)29/h3-10,20H,11-14H2,1-2H3,(H,33,39)/t20-/m1/s1. The summed E-state index contributed by atoms with van der Waals surface area (Å²) in [6.45, 7) is 1.52. The van der Waals surface area contributed by atoms with Gasteiger partial charge < -0.3 is 19.7 Å². The van der Waals surface area contributed by atoms with Gasteiger partial charge in [0.05, 0.1) is 15.3 Å². The third-order valence-corrected chi connectivity index (χ3v) is 9.86. The number of ether oxygens (including phenoxy) is 2. The zero-order chi connectivity index (χ0) is 32.7. The van der Waals surface area contributed by atoms with Crippen molar-refractivity contribution in [1.82, 2.24) is 24.4 Å². The Hall–Kier alpha value is -4.10. The van der Waals surface area contributed by atoms with Crippen molar-refractivity contribution in [2.75, 3.05) is 24.5 Å². The van der Waals surface area contributed by atoms with E-state index in [0.717, 1.165) is 51.1 Å². The molecule has 2 aromatic carbocycles. The summed E-state index contributed by atoms with van der Waals surface area (Å²) in [6.07, 6.45) is -9.84. The maximum atomic E-state index is 13.7. The second-order valence-electron chi connectivity index (χ2n) is 9.86. The minimum Gasteiger partial charge on any atom is -0.406 e. The lowest BCUT2D eigenvalue weighted by atomic mass is 10.1. The minimum absolute atomic E-state index is 0.120. The number of sulfonamides is 1. The summed E-state index contributed by atoms with van der Waals surface area (Å²) in [5, 5.41) is 7.48. The van der Waals surface area contributed by atoms with E-state index in [-0.39, 0.29) is 31.1 Å². The maximum absolute atomic E-state index is 13.7. The number of nitrogens with zero attached hydrogens (tertiary/aromatic N) is 5. The summed E-state index contributed by atoms with van der Waals surface area (Å²) in [6, 6.07) is 7.07. The van der Waals surface area contributed by atoms with E-state index in [9.17, 15) is 39.6 Å². The SMILES string of the molecule is Cc1nn(C)c2nc(N3CCN(S(=O)(=O)c4ccc(OC(F)(F)F)cc4)[C@@H](C(=O)NCc4ccc(OC(F)(F)F)cc4)C3)sc12. The van der Waals surface area contributed by atoms with Gasteiger partial charge in [0.15, 0.2) is 10.8 Å². The highest BCUT2D eigenvalue weighted by Crippen LogP contribution is 2.33. The topological polar surface area (TPSA) is 119 Å². The zero-order valence-electron chi connectivity index (χ0n) is 23.4. The molecule has 4 aromatic rings. The van der Waals surface area contributed by atoms with Crippen molar-refractivity contribution >= 4 is 42.7 Å². The fourth-order valence-electron chi connectivity index (χ4n) is 4.72. The van der Waals surface area contributed by atoms with Crippen LogP contribution in [0.15, 0.2) is 53.4 Å². The predicted octanol–water partition coefficient (Wildman–Crippen LogP) is 4.33. The average molecular weight is 679 g/mol. The van der Waals surface area contributed by atoms with Crippen LogP contribution in [-0.2, 0) is 28.4 Å². The number of halogens is 6.